The van der Waals surface area contributed by atoms with E-state index in [1.54, 1.807) is 17.0 Å². The summed E-state index contributed by atoms with van der Waals surface area (Å²) in [4.78, 5) is 100. The summed E-state index contributed by atoms with van der Waals surface area (Å²) < 4.78 is 106. The molecule has 0 saturated carbocycles. The van der Waals surface area contributed by atoms with E-state index in [0.717, 1.165) is 12.7 Å². The molecule has 3 saturated heterocycles. The number of carbonyl (C=O) groups is 4. The van der Waals surface area contributed by atoms with E-state index in [2.05, 4.69) is 35.1 Å². The number of fused-ring (bicyclic) bond motifs is 1. The number of nitrogen functional groups attached to an aromatic ring is 1. The molecule has 28 nitrogen and oxygen atoms in total. The highest BCUT2D eigenvalue weighted by atomic mass is 31.2. The molecule has 2 aromatic heterocycles. The van der Waals surface area contributed by atoms with Gasteiger partial charge in [-0.2, -0.15) is 4.99 Å². The number of amidine groups is 1. The number of halogens is 3. The third-order valence-corrected chi connectivity index (χ3v) is 14.3. The van der Waals surface area contributed by atoms with Gasteiger partial charge in [0.25, 0.3) is 11.8 Å². The van der Waals surface area contributed by atoms with Crippen molar-refractivity contribution in [3.63, 3.8) is 0 Å². The standard InChI is InChI=1S/C45H53F3N10O18P2/c46-25-5-1-23(2-6-25)17-32(59)54-26-7-3-24(4-8-26)18-70-44(64)55-28(11-14-57-15-12-45(47,48)13-16-57)43(63)75-37-29(74-42(35(37)61)58-22-53-33-39(50)51-21-52-40(33)58)20-72-78(68,69)76-38-30(19-71-77(65,66)67)73-36(34(38)60)27-9-10-31(49)56-41(27)62/h1-10,21-22,27-30,34-38,42,60-61H,11-20H2,(H,54,59)(H,55,64)(H,68,69)(H2,49,56,62)(H2,50,51,52)(H2,65,66,67)/t27?,28-,29+,30+,34-,35+,36-,37+,38+,42+/m0/s1. The number of alkyl carbamates (subject to hydrolysis) is 1. The molecule has 4 aliphatic rings. The van der Waals surface area contributed by atoms with Crippen molar-refractivity contribution in [2.45, 2.75) is 93.2 Å². The van der Waals surface area contributed by atoms with Gasteiger partial charge in [0.05, 0.1) is 31.9 Å². The Morgan fingerprint density at radius 3 is 2.27 bits per heavy atom. The van der Waals surface area contributed by atoms with Crippen LogP contribution in [0.2, 0.25) is 0 Å². The van der Waals surface area contributed by atoms with Crippen molar-refractivity contribution in [1.29, 1.82) is 0 Å². The number of hydrogen-bond donors (Lipinski definition) is 9. The summed E-state index contributed by atoms with van der Waals surface area (Å²) in [5.74, 6) is -7.49. The molecule has 78 heavy (non-hydrogen) atoms. The Morgan fingerprint density at radius 1 is 0.897 bits per heavy atom. The van der Waals surface area contributed by atoms with Crippen LogP contribution in [0.1, 0.15) is 36.6 Å². The van der Waals surface area contributed by atoms with Crippen molar-refractivity contribution in [3.8, 4) is 0 Å². The highest BCUT2D eigenvalue weighted by Crippen LogP contribution is 2.50. The first-order chi connectivity index (χ1) is 36.9. The number of carbonyl (C=O) groups excluding carboxylic acids is 4. The molecule has 422 valence electrons. The number of benzene rings is 2. The van der Waals surface area contributed by atoms with Crippen LogP contribution in [0, 0.1) is 11.7 Å². The molecule has 2 unspecified atom stereocenters. The molecule has 4 aliphatic heterocycles. The molecule has 0 spiro atoms. The highest BCUT2D eigenvalue weighted by molar-refractivity contribution is 7.47. The van der Waals surface area contributed by atoms with Gasteiger partial charge in [-0.15, -0.1) is 0 Å². The number of piperidine rings is 1. The van der Waals surface area contributed by atoms with Gasteiger partial charge in [-0.1, -0.05) is 30.3 Å². The van der Waals surface area contributed by atoms with Crippen molar-refractivity contribution in [2.75, 3.05) is 43.9 Å². The molecule has 33 heteroatoms. The number of likely N-dealkylation sites (tertiary alicyclic amines) is 1. The smallest absolute Gasteiger partial charge is 0.455 e. The summed E-state index contributed by atoms with van der Waals surface area (Å²) in [5, 5.41) is 28.3. The predicted molar refractivity (Wildman–Crippen MR) is 260 cm³/mol. The number of rotatable bonds is 21. The van der Waals surface area contributed by atoms with E-state index in [9.17, 15) is 66.4 Å². The molecule has 3 fully saturated rings. The van der Waals surface area contributed by atoms with Gasteiger partial charge in [0.1, 0.15) is 72.8 Å². The van der Waals surface area contributed by atoms with E-state index < -0.39 is 132 Å². The lowest BCUT2D eigenvalue weighted by atomic mass is 9.94. The number of phosphoric ester groups is 2. The number of amides is 3. The van der Waals surface area contributed by atoms with Crippen LogP contribution >= 0.6 is 15.6 Å². The second kappa shape index (κ2) is 24.4. The minimum absolute atomic E-state index is 0.0121. The number of esters is 1. The van der Waals surface area contributed by atoms with Crippen molar-refractivity contribution in [3.05, 3.63) is 90.3 Å². The molecular formula is C45H53F3N10O18P2. The van der Waals surface area contributed by atoms with E-state index in [-0.39, 0.29) is 67.8 Å². The number of aliphatic hydroxyl groups excluding tert-OH is 2. The van der Waals surface area contributed by atoms with Gasteiger partial charge in [0.2, 0.25) is 5.91 Å². The number of imidazole rings is 1. The number of dihydropyridines is 1. The van der Waals surface area contributed by atoms with Gasteiger partial charge in [-0.25, -0.2) is 46.8 Å². The number of phosphoric acid groups is 2. The highest BCUT2D eigenvalue weighted by Gasteiger charge is 2.54. The summed E-state index contributed by atoms with van der Waals surface area (Å²) in [6.07, 6.45) is -12.1. The average Bonchev–Trinajstić information content (AvgIpc) is 4.06. The van der Waals surface area contributed by atoms with Gasteiger partial charge in [-0.3, -0.25) is 27.7 Å². The van der Waals surface area contributed by atoms with E-state index >= 15 is 0 Å². The van der Waals surface area contributed by atoms with Gasteiger partial charge in [0.15, 0.2) is 23.8 Å². The molecule has 0 radical (unpaired) electrons. The maximum absolute atomic E-state index is 14.3. The third-order valence-electron chi connectivity index (χ3n) is 12.8. The maximum Gasteiger partial charge on any atom is 0.472 e. The Kier molecular flexibility index (Phi) is 18.1. The van der Waals surface area contributed by atoms with Crippen LogP contribution < -0.4 is 22.1 Å². The topological polar surface area (TPSA) is 403 Å². The first-order valence-corrected chi connectivity index (χ1v) is 26.8. The average molecular weight is 1140 g/mol. The zero-order valence-corrected chi connectivity index (χ0v) is 42.5. The fourth-order valence-corrected chi connectivity index (χ4v) is 10.1. The minimum Gasteiger partial charge on any atom is -0.455 e. The maximum atomic E-state index is 14.3. The number of hydrogen-bond acceptors (Lipinski definition) is 21. The minimum atomic E-state index is -5.52. The van der Waals surface area contributed by atoms with E-state index in [4.69, 9.17) is 39.5 Å². The Hall–Kier alpha value is -6.31. The molecule has 0 aliphatic carbocycles. The second-order valence-corrected chi connectivity index (χ2v) is 21.0. The zero-order chi connectivity index (χ0) is 56.1. The number of anilines is 2. The first kappa shape index (κ1) is 57.9. The van der Waals surface area contributed by atoms with Gasteiger partial charge in [0, 0.05) is 38.2 Å². The number of ether oxygens (including phenoxy) is 4. The summed E-state index contributed by atoms with van der Waals surface area (Å²) in [7, 11) is -10.7. The molecule has 8 rings (SSSR count). The van der Waals surface area contributed by atoms with Crippen molar-refractivity contribution in [1.82, 2.24) is 29.7 Å². The lowest BCUT2D eigenvalue weighted by Crippen LogP contribution is -2.48. The Labute approximate surface area is 439 Å². The van der Waals surface area contributed by atoms with E-state index in [1.165, 1.54) is 53.1 Å². The molecule has 0 bridgehead atoms. The normalized spacial score (nSPS) is 26.5. The molecule has 6 heterocycles. The number of nitrogens with zero attached hydrogens (tertiary/aromatic N) is 6. The van der Waals surface area contributed by atoms with Crippen LogP contribution in [0.4, 0.5) is 29.5 Å². The summed E-state index contributed by atoms with van der Waals surface area (Å²) >= 11 is 0. The quantitative estimate of drug-likeness (QED) is 0.0417. The van der Waals surface area contributed by atoms with Gasteiger partial charge in [-0.05, 0) is 47.9 Å². The number of aromatic nitrogens is 4. The van der Waals surface area contributed by atoms with Crippen LogP contribution in [0.5, 0.6) is 0 Å². The first-order valence-electron chi connectivity index (χ1n) is 23.8. The molecule has 4 aromatic rings. The lowest BCUT2D eigenvalue weighted by Gasteiger charge is -2.32. The number of aliphatic imine (C=N–C) groups is 1. The zero-order valence-electron chi connectivity index (χ0n) is 40.7. The Balaban J connectivity index is 0.974. The molecule has 3 amide bonds. The molecule has 2 aromatic carbocycles. The number of nitrogens with two attached hydrogens (primary N) is 2. The predicted octanol–water partition coefficient (Wildman–Crippen LogP) is 1.12. The molecule has 11 N–H and O–H groups in total. The molecule has 11 atom stereocenters. The Morgan fingerprint density at radius 2 is 1.58 bits per heavy atom. The Bertz CT molecular complexity index is 2980. The fraction of sp³-hybridized carbons (Fsp3) is 0.467. The van der Waals surface area contributed by atoms with Crippen molar-refractivity contribution >= 4 is 68.0 Å². The summed E-state index contributed by atoms with van der Waals surface area (Å²) in [6, 6.07) is 9.97. The number of aliphatic hydroxyl groups is 2. The lowest BCUT2D eigenvalue weighted by molar-refractivity contribution is -0.159. The van der Waals surface area contributed by atoms with Crippen LogP contribution in [0.3, 0.4) is 0 Å². The van der Waals surface area contributed by atoms with Gasteiger partial charge < -0.3 is 70.8 Å². The van der Waals surface area contributed by atoms with Crippen molar-refractivity contribution < 1.29 is 98.9 Å². The van der Waals surface area contributed by atoms with Crippen molar-refractivity contribution in [2.24, 2.45) is 16.6 Å². The number of nitrogens with one attached hydrogen (secondary N) is 2. The largest absolute Gasteiger partial charge is 0.472 e. The fourth-order valence-electron chi connectivity index (χ4n) is 8.80. The van der Waals surface area contributed by atoms with Crippen LogP contribution in [-0.4, -0.2) is 167 Å². The summed E-state index contributed by atoms with van der Waals surface area (Å²) in [6.45, 7) is -2.62. The van der Waals surface area contributed by atoms with Gasteiger partial charge >= 0.3 is 27.7 Å². The van der Waals surface area contributed by atoms with Crippen LogP contribution in [0.25, 0.3) is 11.2 Å². The monoisotopic (exact) mass is 1140 g/mol. The second-order valence-electron chi connectivity index (χ2n) is 18.4. The third kappa shape index (κ3) is 14.9. The van der Waals surface area contributed by atoms with E-state index in [1.807, 2.05) is 0 Å². The summed E-state index contributed by atoms with van der Waals surface area (Å²) in [5.41, 5.74) is 13.1. The van der Waals surface area contributed by atoms with Crippen LogP contribution in [-0.2, 0) is 69.1 Å². The molecular weight excluding hydrogens is 1090 g/mol. The SMILES string of the molecule is NC1=NC(=O)C([C@@H]2O[C@H](COP(=O)(O)O)[C@@H](OP(=O)(O)OC[C@H]3O[C@@H](n4cnc5c(N)ncnc54)[C@H](O)[C@@H]3OC(=O)[C@H](CCN3CCC(F)(F)CC3)NC(=O)OCc3ccc(NC(=O)Cc4ccc(F)cc4)cc3)[C@H]2O)C=C1. The van der Waals surface area contributed by atoms with Crippen LogP contribution in [0.15, 0.2) is 78.3 Å². The number of alkyl halides is 2. The van der Waals surface area contributed by atoms with E-state index in [0.29, 0.717) is 16.8 Å².